The third-order valence-electron chi connectivity index (χ3n) is 3.99. The number of hydrogen-bond donors (Lipinski definition) is 1. The van der Waals surface area contributed by atoms with Crippen LogP contribution < -0.4 is 4.74 Å². The van der Waals surface area contributed by atoms with E-state index >= 15 is 0 Å². The van der Waals surface area contributed by atoms with Crippen molar-refractivity contribution in [3.63, 3.8) is 0 Å². The largest absolute Gasteiger partial charge is 0.493 e. The molecule has 4 rings (SSSR count). The third kappa shape index (κ3) is 4.89. The molecular weight excluding hydrogens is 391 g/mol. The van der Waals surface area contributed by atoms with Crippen molar-refractivity contribution in [2.24, 2.45) is 0 Å². The van der Waals surface area contributed by atoms with E-state index in [1.54, 1.807) is 18.2 Å². The van der Waals surface area contributed by atoms with Gasteiger partial charge in [0.15, 0.2) is 5.58 Å². The summed E-state index contributed by atoms with van der Waals surface area (Å²) < 4.78 is 41.5. The average Bonchev–Trinajstić information content (AvgIpc) is 3.07. The first kappa shape index (κ1) is 20.8. The number of hydrogen-bond acceptors (Lipinski definition) is 6. The molecule has 1 radical (unpaired) electrons. The van der Waals surface area contributed by atoms with Gasteiger partial charge < -0.3 is 9.15 Å². The normalized spacial score (nSPS) is 11.5. The molecule has 0 saturated heterocycles. The van der Waals surface area contributed by atoms with E-state index in [0.29, 0.717) is 28.4 Å². The van der Waals surface area contributed by atoms with Crippen LogP contribution in [-0.2, 0) is 10.1 Å². The predicted molar refractivity (Wildman–Crippen MR) is 107 cm³/mol. The van der Waals surface area contributed by atoms with Crippen LogP contribution in [0.25, 0.3) is 33.6 Å². The van der Waals surface area contributed by atoms with Crippen molar-refractivity contribution in [2.75, 3.05) is 12.4 Å². The van der Waals surface area contributed by atoms with E-state index in [9.17, 15) is 8.42 Å². The number of nitrogens with zero attached hydrogens (tertiary/aromatic N) is 2. The van der Waals surface area contributed by atoms with Gasteiger partial charge in [-0.3, -0.25) is 4.55 Å². The Kier molecular flexibility index (Phi) is 6.36. The molecule has 0 unspecified atom stereocenters. The second-order valence-corrected chi connectivity index (χ2v) is 7.60. The van der Waals surface area contributed by atoms with Crippen molar-refractivity contribution in [1.82, 2.24) is 9.97 Å². The number of benzene rings is 2. The molecule has 139 valence electrons. The molecule has 0 fully saturated rings. The van der Waals surface area contributed by atoms with Gasteiger partial charge in [0.2, 0.25) is 5.89 Å². The van der Waals surface area contributed by atoms with Crippen molar-refractivity contribution >= 4 is 61.7 Å². The van der Waals surface area contributed by atoms with Gasteiger partial charge in [-0.05, 0) is 30.7 Å². The molecule has 0 aliphatic carbocycles. The topological polar surface area (TPSA) is 103 Å². The van der Waals surface area contributed by atoms with E-state index in [2.05, 4.69) is 9.97 Å². The predicted octanol–water partition coefficient (Wildman–Crippen LogP) is 3.32. The standard InChI is InChI=1S/C19H16N2O5S.Na/c22-27(23,24)11-3-10-25-14-7-9-16-18(12-14)26-19(21-16)17-8-6-13-4-1-2-5-15(13)20-17;/h1-2,4-9,12H,3,10-11H2,(H,22,23,24);. The minimum Gasteiger partial charge on any atom is -0.493 e. The number of oxazole rings is 1. The van der Waals surface area contributed by atoms with Gasteiger partial charge >= 0.3 is 0 Å². The molecule has 0 spiro atoms. The summed E-state index contributed by atoms with van der Waals surface area (Å²) in [5.41, 5.74) is 2.72. The molecular formula is C19H16N2NaO5S. The monoisotopic (exact) mass is 407 g/mol. The molecule has 0 amide bonds. The molecule has 4 aromatic rings. The molecule has 0 saturated carbocycles. The van der Waals surface area contributed by atoms with Gasteiger partial charge in [-0.2, -0.15) is 8.42 Å². The maximum absolute atomic E-state index is 10.7. The molecule has 28 heavy (non-hydrogen) atoms. The minimum absolute atomic E-state index is 0. The first-order valence-electron chi connectivity index (χ1n) is 8.33. The Hall–Kier alpha value is -1.97. The Labute approximate surface area is 183 Å². The average molecular weight is 407 g/mol. The first-order chi connectivity index (χ1) is 13.0. The summed E-state index contributed by atoms with van der Waals surface area (Å²) in [4.78, 5) is 9.04. The number of rotatable bonds is 6. The number of pyridine rings is 1. The van der Waals surface area contributed by atoms with E-state index in [0.717, 1.165) is 10.9 Å². The van der Waals surface area contributed by atoms with E-state index in [1.807, 2.05) is 36.4 Å². The summed E-state index contributed by atoms with van der Waals surface area (Å²) in [6.07, 6.45) is 0.194. The van der Waals surface area contributed by atoms with Gasteiger partial charge in [0.1, 0.15) is 17.0 Å². The molecule has 7 nitrogen and oxygen atoms in total. The van der Waals surface area contributed by atoms with Gasteiger partial charge in [0, 0.05) is 41.0 Å². The summed E-state index contributed by atoms with van der Waals surface area (Å²) in [5, 5.41) is 1.04. The Bertz CT molecular complexity index is 1220. The van der Waals surface area contributed by atoms with E-state index < -0.39 is 10.1 Å². The zero-order valence-electron chi connectivity index (χ0n) is 15.2. The quantitative estimate of drug-likeness (QED) is 0.297. The number of aromatic nitrogens is 2. The van der Waals surface area contributed by atoms with E-state index in [1.165, 1.54) is 0 Å². The van der Waals surface area contributed by atoms with Crippen LogP contribution in [0.5, 0.6) is 5.75 Å². The molecule has 2 aromatic carbocycles. The molecule has 0 aliphatic rings. The molecule has 9 heteroatoms. The minimum atomic E-state index is -3.97. The van der Waals surface area contributed by atoms with E-state index in [-0.39, 0.29) is 48.3 Å². The zero-order chi connectivity index (χ0) is 18.9. The first-order valence-corrected chi connectivity index (χ1v) is 9.94. The molecule has 0 bridgehead atoms. The van der Waals surface area contributed by atoms with Gasteiger partial charge in [-0.15, -0.1) is 0 Å². The number of ether oxygens (including phenoxy) is 1. The van der Waals surface area contributed by atoms with Crippen LogP contribution in [-0.4, -0.2) is 64.9 Å². The smallest absolute Gasteiger partial charge is 0.264 e. The molecule has 1 N–H and O–H groups in total. The van der Waals surface area contributed by atoms with Gasteiger partial charge in [0.25, 0.3) is 10.1 Å². The van der Waals surface area contributed by atoms with Crippen LogP contribution in [0.2, 0.25) is 0 Å². The van der Waals surface area contributed by atoms with Crippen LogP contribution in [0, 0.1) is 0 Å². The van der Waals surface area contributed by atoms with Gasteiger partial charge in [-0.25, -0.2) is 9.97 Å². The summed E-state index contributed by atoms with van der Waals surface area (Å²) in [7, 11) is -3.97. The molecule has 0 aliphatic heterocycles. The molecule has 0 atom stereocenters. The summed E-state index contributed by atoms with van der Waals surface area (Å²) in [6, 6.07) is 16.8. The number of para-hydroxylation sites is 1. The second kappa shape index (κ2) is 8.59. The Balaban J connectivity index is 0.00000225. The Morgan fingerprint density at radius 2 is 1.82 bits per heavy atom. The summed E-state index contributed by atoms with van der Waals surface area (Å²) in [6.45, 7) is 0.165. The van der Waals surface area contributed by atoms with Gasteiger partial charge in [-0.1, -0.05) is 24.3 Å². The fourth-order valence-corrected chi connectivity index (χ4v) is 3.20. The van der Waals surface area contributed by atoms with Gasteiger partial charge in [0.05, 0.1) is 17.9 Å². The van der Waals surface area contributed by atoms with Crippen LogP contribution in [0.3, 0.4) is 0 Å². The van der Waals surface area contributed by atoms with Crippen molar-refractivity contribution in [3.8, 4) is 17.3 Å². The maximum atomic E-state index is 10.7. The number of fused-ring (bicyclic) bond motifs is 2. The van der Waals surface area contributed by atoms with Crippen molar-refractivity contribution in [2.45, 2.75) is 6.42 Å². The van der Waals surface area contributed by atoms with Crippen LogP contribution in [0.4, 0.5) is 0 Å². The van der Waals surface area contributed by atoms with Crippen LogP contribution in [0.15, 0.2) is 59.0 Å². The Morgan fingerprint density at radius 3 is 2.64 bits per heavy atom. The molecule has 2 aromatic heterocycles. The maximum Gasteiger partial charge on any atom is 0.264 e. The molecule has 2 heterocycles. The van der Waals surface area contributed by atoms with Crippen LogP contribution >= 0.6 is 0 Å². The zero-order valence-corrected chi connectivity index (χ0v) is 18.0. The fraction of sp³-hybridized carbons (Fsp3) is 0.158. The Morgan fingerprint density at radius 1 is 1.00 bits per heavy atom. The summed E-state index contributed by atoms with van der Waals surface area (Å²) >= 11 is 0. The summed E-state index contributed by atoms with van der Waals surface area (Å²) in [5.74, 6) is 0.612. The van der Waals surface area contributed by atoms with Crippen molar-refractivity contribution in [3.05, 3.63) is 54.6 Å². The van der Waals surface area contributed by atoms with Crippen LogP contribution in [0.1, 0.15) is 6.42 Å². The SMILES string of the molecule is O=S(=O)(O)CCCOc1ccc2nc(-c3ccc4ccccc4n3)oc2c1.[Na]. The fourth-order valence-electron chi connectivity index (χ4n) is 2.72. The van der Waals surface area contributed by atoms with Crippen molar-refractivity contribution < 1.29 is 22.1 Å². The third-order valence-corrected chi connectivity index (χ3v) is 4.80. The van der Waals surface area contributed by atoms with Crippen molar-refractivity contribution in [1.29, 1.82) is 0 Å². The van der Waals surface area contributed by atoms with E-state index in [4.69, 9.17) is 13.7 Å². The second-order valence-electron chi connectivity index (χ2n) is 6.03.